The van der Waals surface area contributed by atoms with Crippen LogP contribution in [0, 0.1) is 3.70 Å². The summed E-state index contributed by atoms with van der Waals surface area (Å²) in [5.41, 5.74) is 0.637. The highest BCUT2D eigenvalue weighted by molar-refractivity contribution is 14.1. The zero-order chi connectivity index (χ0) is 6.85. The van der Waals surface area contributed by atoms with Gasteiger partial charge in [-0.05, 0) is 22.6 Å². The Morgan fingerprint density at radius 3 is 2.56 bits per heavy atom. The first-order chi connectivity index (χ1) is 4.24. The molecule has 0 aliphatic rings. The summed E-state index contributed by atoms with van der Waals surface area (Å²) in [6, 6.07) is 0. The summed E-state index contributed by atoms with van der Waals surface area (Å²) in [5, 5.41) is 16.4. The van der Waals surface area contributed by atoms with E-state index in [2.05, 4.69) is 10.2 Å². The highest BCUT2D eigenvalue weighted by Crippen LogP contribution is 2.03. The average molecular weight is 239 g/mol. The van der Waals surface area contributed by atoms with Crippen LogP contribution in [0.3, 0.4) is 0 Å². The van der Waals surface area contributed by atoms with Crippen molar-refractivity contribution in [3.05, 3.63) is 9.39 Å². The van der Waals surface area contributed by atoms with Crippen molar-refractivity contribution >= 4 is 22.6 Å². The topological polar surface area (TPSA) is 50.9 Å². The van der Waals surface area contributed by atoms with Crippen LogP contribution in [0.2, 0.25) is 0 Å². The number of aliphatic hydroxyl groups excluding tert-OH is 1. The van der Waals surface area contributed by atoms with Gasteiger partial charge in [-0.15, -0.1) is 5.10 Å². The summed E-state index contributed by atoms with van der Waals surface area (Å²) in [7, 11) is 1.72. The minimum atomic E-state index is -0.0356. The molecule has 0 aliphatic heterocycles. The summed E-state index contributed by atoms with van der Waals surface area (Å²) in [6.07, 6.45) is 0. The molecule has 0 spiro atoms. The number of aryl methyl sites for hydroxylation is 1. The van der Waals surface area contributed by atoms with E-state index in [-0.39, 0.29) is 6.61 Å². The van der Waals surface area contributed by atoms with Gasteiger partial charge in [0.15, 0.2) is 0 Å². The molecule has 0 saturated heterocycles. The van der Waals surface area contributed by atoms with Crippen LogP contribution >= 0.6 is 22.6 Å². The van der Waals surface area contributed by atoms with Crippen molar-refractivity contribution in [2.45, 2.75) is 6.61 Å². The van der Waals surface area contributed by atoms with Gasteiger partial charge < -0.3 is 5.11 Å². The van der Waals surface area contributed by atoms with Crippen LogP contribution in [0.15, 0.2) is 0 Å². The van der Waals surface area contributed by atoms with Gasteiger partial charge >= 0.3 is 0 Å². The predicted octanol–water partition coefficient (Wildman–Crippen LogP) is -0.0880. The van der Waals surface area contributed by atoms with Gasteiger partial charge in [-0.1, -0.05) is 0 Å². The first kappa shape index (κ1) is 6.94. The highest BCUT2D eigenvalue weighted by atomic mass is 127. The minimum Gasteiger partial charge on any atom is -0.390 e. The zero-order valence-electron chi connectivity index (χ0n) is 4.87. The van der Waals surface area contributed by atoms with E-state index in [1.165, 1.54) is 4.80 Å². The van der Waals surface area contributed by atoms with E-state index in [0.717, 1.165) is 3.70 Å². The molecule has 1 aromatic heterocycles. The summed E-state index contributed by atoms with van der Waals surface area (Å²) < 4.78 is 0.762. The molecule has 0 radical (unpaired) electrons. The predicted molar refractivity (Wildman–Crippen MR) is 39.6 cm³/mol. The van der Waals surface area contributed by atoms with Gasteiger partial charge in [-0.2, -0.15) is 9.90 Å². The number of halogens is 1. The van der Waals surface area contributed by atoms with E-state index in [1.54, 1.807) is 7.05 Å². The Bertz CT molecular complexity index is 210. The lowest BCUT2D eigenvalue weighted by atomic mass is 10.5. The summed E-state index contributed by atoms with van der Waals surface area (Å²) in [6.45, 7) is -0.0356. The number of aliphatic hydroxyl groups is 1. The molecule has 50 valence electrons. The third kappa shape index (κ3) is 1.39. The van der Waals surface area contributed by atoms with Gasteiger partial charge in [-0.3, -0.25) is 0 Å². The van der Waals surface area contributed by atoms with E-state index >= 15 is 0 Å². The van der Waals surface area contributed by atoms with Gasteiger partial charge in [0.25, 0.3) is 0 Å². The van der Waals surface area contributed by atoms with Crippen LogP contribution in [0.5, 0.6) is 0 Å². The normalized spacial score (nSPS) is 10.1. The van der Waals surface area contributed by atoms with Crippen LogP contribution < -0.4 is 0 Å². The van der Waals surface area contributed by atoms with Crippen LogP contribution in [0.1, 0.15) is 5.69 Å². The Labute approximate surface area is 66.0 Å². The molecule has 1 aromatic rings. The van der Waals surface area contributed by atoms with E-state index in [4.69, 9.17) is 5.11 Å². The Morgan fingerprint density at radius 1 is 1.67 bits per heavy atom. The fourth-order valence-electron chi connectivity index (χ4n) is 0.520. The molecule has 0 bridgehead atoms. The Hall–Kier alpha value is -0.170. The monoisotopic (exact) mass is 239 g/mol. The lowest BCUT2D eigenvalue weighted by Gasteiger charge is -1.82. The molecule has 0 atom stereocenters. The number of aromatic nitrogens is 3. The number of hydrogen-bond donors (Lipinski definition) is 1. The smallest absolute Gasteiger partial charge is 0.149 e. The summed E-state index contributed by atoms with van der Waals surface area (Å²) in [4.78, 5) is 1.44. The van der Waals surface area contributed by atoms with E-state index < -0.39 is 0 Å². The zero-order valence-corrected chi connectivity index (χ0v) is 7.03. The van der Waals surface area contributed by atoms with Gasteiger partial charge in [-0.25, -0.2) is 0 Å². The van der Waals surface area contributed by atoms with Crippen molar-refractivity contribution in [2.75, 3.05) is 0 Å². The quantitative estimate of drug-likeness (QED) is 0.697. The van der Waals surface area contributed by atoms with Gasteiger partial charge in [0.05, 0.1) is 6.61 Å². The molecule has 1 rings (SSSR count). The maximum Gasteiger partial charge on any atom is 0.149 e. The van der Waals surface area contributed by atoms with E-state index in [9.17, 15) is 0 Å². The fourth-order valence-corrected chi connectivity index (χ4v) is 1.11. The molecule has 9 heavy (non-hydrogen) atoms. The third-order valence-electron chi connectivity index (χ3n) is 0.886. The SMILES string of the molecule is Cn1nc(I)c(CO)n1. The van der Waals surface area contributed by atoms with Crippen molar-refractivity contribution in [3.8, 4) is 0 Å². The van der Waals surface area contributed by atoms with Gasteiger partial charge in [0.1, 0.15) is 9.39 Å². The molecule has 1 N–H and O–H groups in total. The molecule has 0 amide bonds. The largest absolute Gasteiger partial charge is 0.390 e. The van der Waals surface area contributed by atoms with Gasteiger partial charge in [0.2, 0.25) is 0 Å². The Balaban J connectivity index is 3.01. The van der Waals surface area contributed by atoms with Crippen molar-refractivity contribution in [1.82, 2.24) is 15.0 Å². The molecule has 4 nitrogen and oxygen atoms in total. The molecule has 0 saturated carbocycles. The number of nitrogens with zero attached hydrogens (tertiary/aromatic N) is 3. The molecular formula is C4H6IN3O. The summed E-state index contributed by atoms with van der Waals surface area (Å²) >= 11 is 2.03. The molecule has 1 heterocycles. The molecule has 0 aliphatic carbocycles. The van der Waals surface area contributed by atoms with E-state index in [1.807, 2.05) is 22.6 Å². The highest BCUT2D eigenvalue weighted by Gasteiger charge is 2.02. The second kappa shape index (κ2) is 2.61. The standard InChI is InChI=1S/C4H6IN3O/c1-8-6-3(2-9)4(5)7-8/h9H,2H2,1H3. The van der Waals surface area contributed by atoms with Crippen molar-refractivity contribution < 1.29 is 5.11 Å². The lowest BCUT2D eigenvalue weighted by molar-refractivity contribution is 0.275. The lowest BCUT2D eigenvalue weighted by Crippen LogP contribution is -1.92. The molecule has 0 aromatic carbocycles. The minimum absolute atomic E-state index is 0.0356. The van der Waals surface area contributed by atoms with E-state index in [0.29, 0.717) is 5.69 Å². The Morgan fingerprint density at radius 2 is 2.33 bits per heavy atom. The van der Waals surface area contributed by atoms with Crippen LogP contribution in [-0.2, 0) is 13.7 Å². The molecule has 0 unspecified atom stereocenters. The van der Waals surface area contributed by atoms with Crippen molar-refractivity contribution in [3.63, 3.8) is 0 Å². The third-order valence-corrected chi connectivity index (χ3v) is 1.72. The summed E-state index contributed by atoms with van der Waals surface area (Å²) in [5.74, 6) is 0. The number of hydrogen-bond acceptors (Lipinski definition) is 3. The van der Waals surface area contributed by atoms with Crippen LogP contribution in [0.4, 0.5) is 0 Å². The Kier molecular flexibility index (Phi) is 2.01. The molecular weight excluding hydrogens is 233 g/mol. The van der Waals surface area contributed by atoms with Crippen molar-refractivity contribution in [1.29, 1.82) is 0 Å². The van der Waals surface area contributed by atoms with Crippen molar-refractivity contribution in [2.24, 2.45) is 7.05 Å². The first-order valence-electron chi connectivity index (χ1n) is 2.40. The second-order valence-corrected chi connectivity index (χ2v) is 2.61. The molecule has 5 heteroatoms. The fraction of sp³-hybridized carbons (Fsp3) is 0.500. The second-order valence-electron chi connectivity index (χ2n) is 1.59. The number of rotatable bonds is 1. The molecule has 0 fully saturated rings. The maximum atomic E-state index is 8.61. The van der Waals surface area contributed by atoms with Crippen LogP contribution in [0.25, 0.3) is 0 Å². The van der Waals surface area contributed by atoms with Gasteiger partial charge in [0, 0.05) is 7.05 Å². The maximum absolute atomic E-state index is 8.61. The van der Waals surface area contributed by atoms with Crippen LogP contribution in [-0.4, -0.2) is 20.1 Å². The average Bonchev–Trinajstić information content (AvgIpc) is 2.10. The first-order valence-corrected chi connectivity index (χ1v) is 3.48.